The maximum absolute atomic E-state index is 12.3. The number of halogens is 2. The third-order valence-corrected chi connectivity index (χ3v) is 6.38. The van der Waals surface area contributed by atoms with Gasteiger partial charge in [-0.3, -0.25) is 14.9 Å². The lowest BCUT2D eigenvalue weighted by Gasteiger charge is -2.33. The Bertz CT molecular complexity index is 1330. The van der Waals surface area contributed by atoms with Gasteiger partial charge in [0.25, 0.3) is 0 Å². The number of aromatic amines is 1. The van der Waals surface area contributed by atoms with Gasteiger partial charge in [0, 0.05) is 20.4 Å². The van der Waals surface area contributed by atoms with Crippen molar-refractivity contribution in [3.63, 3.8) is 0 Å². The van der Waals surface area contributed by atoms with E-state index in [4.69, 9.17) is 4.74 Å². The molecule has 186 valence electrons. The van der Waals surface area contributed by atoms with E-state index in [0.29, 0.717) is 15.4 Å². The molecule has 35 heavy (non-hydrogen) atoms. The third-order valence-electron chi connectivity index (χ3n) is 5.30. The van der Waals surface area contributed by atoms with Crippen molar-refractivity contribution in [1.82, 2.24) is 4.98 Å². The highest BCUT2D eigenvalue weighted by Gasteiger charge is 2.30. The van der Waals surface area contributed by atoms with Gasteiger partial charge in [0.1, 0.15) is 0 Å². The number of carbonyl (C=O) groups excluding carboxylic acids is 1. The summed E-state index contributed by atoms with van der Waals surface area (Å²) in [5.74, 6) is -1.05. The molecule has 3 aromatic rings. The van der Waals surface area contributed by atoms with Gasteiger partial charge in [0.15, 0.2) is 18.0 Å². The van der Waals surface area contributed by atoms with Crippen molar-refractivity contribution in [1.29, 1.82) is 0 Å². The number of amides is 1. The van der Waals surface area contributed by atoms with Gasteiger partial charge in [0.05, 0.1) is 10.4 Å². The fourth-order valence-electron chi connectivity index (χ4n) is 4.20. The number of hydrogen-bond donors (Lipinski definition) is 2. The highest BCUT2D eigenvalue weighted by Crippen LogP contribution is 2.41. The summed E-state index contributed by atoms with van der Waals surface area (Å²) in [5, 5.41) is 29.9. The number of azo groups is 1. The summed E-state index contributed by atoms with van der Waals surface area (Å²) in [6, 6.07) is 8.29. The highest BCUT2D eigenvalue weighted by atomic mass is 79.9. The van der Waals surface area contributed by atoms with Crippen LogP contribution >= 0.6 is 31.9 Å². The number of aromatic hydroxyl groups is 1. The van der Waals surface area contributed by atoms with E-state index in [1.807, 2.05) is 13.8 Å². The van der Waals surface area contributed by atoms with Crippen molar-refractivity contribution in [2.75, 3.05) is 6.61 Å². The van der Waals surface area contributed by atoms with E-state index in [2.05, 4.69) is 67.8 Å². The second-order valence-electron chi connectivity index (χ2n) is 10.1. The number of rotatable bonds is 7. The number of benzene rings is 2. The smallest absolute Gasteiger partial charge is 0.311 e. The average molecular weight is 610 g/mol. The minimum Gasteiger partial charge on any atom is -0.493 e. The summed E-state index contributed by atoms with van der Waals surface area (Å²) < 4.78 is 6.85. The molecule has 0 unspecified atom stereocenters. The summed E-state index contributed by atoms with van der Waals surface area (Å²) in [5.41, 5.74) is 1.01. The van der Waals surface area contributed by atoms with Crippen LogP contribution in [-0.2, 0) is 10.2 Å². The molecule has 0 saturated carbocycles. The molecule has 2 N–H and O–H groups in total. The normalized spacial score (nSPS) is 12.4. The van der Waals surface area contributed by atoms with Crippen LogP contribution in [0.15, 0.2) is 49.5 Å². The predicted molar refractivity (Wildman–Crippen MR) is 141 cm³/mol. The number of nitro benzene ring substituents is 1. The highest BCUT2D eigenvalue weighted by molar-refractivity contribution is 9.11. The van der Waals surface area contributed by atoms with Gasteiger partial charge in [0.2, 0.25) is 5.88 Å². The van der Waals surface area contributed by atoms with Crippen LogP contribution in [0, 0.1) is 15.5 Å². The Kier molecular flexibility index (Phi) is 7.71. The zero-order valence-corrected chi connectivity index (χ0v) is 23.2. The Hall–Kier alpha value is -2.79. The summed E-state index contributed by atoms with van der Waals surface area (Å²) >= 11 is 6.76. The lowest BCUT2D eigenvalue weighted by atomic mass is 9.72. The van der Waals surface area contributed by atoms with Crippen LogP contribution in [-0.4, -0.2) is 27.5 Å². The standard InChI is InChI=1S/C24H26Br2N4O5/c1-23(2,3)12-24(4,5)13-6-7-18(17(8-13)30(33)34)35-11-19(31)28-29-21-15-9-14(25)10-16(26)20(15)27-22(21)32/h6-10,27,32H,11-12H2,1-5H3. The fourth-order valence-corrected chi connectivity index (χ4v) is 5.52. The second kappa shape index (κ2) is 10.1. The minimum absolute atomic E-state index is 0.0309. The molecule has 1 amide bonds. The van der Waals surface area contributed by atoms with Crippen molar-refractivity contribution in [2.45, 2.75) is 46.5 Å². The van der Waals surface area contributed by atoms with E-state index in [9.17, 15) is 20.0 Å². The van der Waals surface area contributed by atoms with Crippen LogP contribution in [0.25, 0.3) is 10.9 Å². The first kappa shape index (κ1) is 26.8. The van der Waals surface area contributed by atoms with Gasteiger partial charge in [-0.1, -0.05) is 56.6 Å². The SMILES string of the molecule is CC(C)(C)CC(C)(C)c1ccc(OCC(=O)N=Nc2c(O)[nH]c3c(Br)cc(Br)cc23)c([N+](=O)[O-])c1. The molecule has 0 aliphatic carbocycles. The molecule has 0 aliphatic heterocycles. The number of ether oxygens (including phenoxy) is 1. The van der Waals surface area contributed by atoms with Crippen LogP contribution < -0.4 is 4.74 Å². The molecule has 0 radical (unpaired) electrons. The molecule has 11 heteroatoms. The van der Waals surface area contributed by atoms with E-state index in [1.165, 1.54) is 12.1 Å². The number of nitrogens with one attached hydrogen (secondary N) is 1. The van der Waals surface area contributed by atoms with Gasteiger partial charge < -0.3 is 14.8 Å². The minimum atomic E-state index is -0.765. The quantitative estimate of drug-likeness (QED) is 0.161. The summed E-state index contributed by atoms with van der Waals surface area (Å²) in [6.45, 7) is 9.89. The number of H-pyrrole nitrogens is 1. The number of carbonyl (C=O) groups is 1. The average Bonchev–Trinajstić information content (AvgIpc) is 3.04. The number of nitro groups is 1. The lowest BCUT2D eigenvalue weighted by molar-refractivity contribution is -0.385. The van der Waals surface area contributed by atoms with Crippen LogP contribution in [0.2, 0.25) is 0 Å². The first-order chi connectivity index (χ1) is 16.2. The molecule has 0 spiro atoms. The van der Waals surface area contributed by atoms with E-state index in [1.54, 1.807) is 18.2 Å². The van der Waals surface area contributed by atoms with Crippen molar-refractivity contribution >= 4 is 60.0 Å². The van der Waals surface area contributed by atoms with Crippen molar-refractivity contribution < 1.29 is 19.6 Å². The Balaban J connectivity index is 1.78. The van der Waals surface area contributed by atoms with Gasteiger partial charge in [-0.15, -0.1) is 10.2 Å². The number of aromatic nitrogens is 1. The monoisotopic (exact) mass is 608 g/mol. The molecular weight excluding hydrogens is 584 g/mol. The number of nitrogens with zero attached hydrogens (tertiary/aromatic N) is 3. The fraction of sp³-hybridized carbons (Fsp3) is 0.375. The van der Waals surface area contributed by atoms with Crippen molar-refractivity contribution in [3.05, 3.63) is 55.0 Å². The molecule has 0 aliphatic rings. The first-order valence-corrected chi connectivity index (χ1v) is 12.3. The van der Waals surface area contributed by atoms with Crippen LogP contribution in [0.1, 0.15) is 46.6 Å². The van der Waals surface area contributed by atoms with Crippen molar-refractivity contribution in [3.8, 4) is 11.6 Å². The van der Waals surface area contributed by atoms with Crippen LogP contribution in [0.3, 0.4) is 0 Å². The summed E-state index contributed by atoms with van der Waals surface area (Å²) in [6.07, 6.45) is 0.823. The summed E-state index contributed by atoms with van der Waals surface area (Å²) in [4.78, 5) is 26.2. The van der Waals surface area contributed by atoms with Crippen molar-refractivity contribution in [2.24, 2.45) is 15.6 Å². The van der Waals surface area contributed by atoms with Gasteiger partial charge in [-0.25, -0.2) is 0 Å². The second-order valence-corrected chi connectivity index (χ2v) is 11.8. The molecule has 1 aromatic heterocycles. The topological polar surface area (TPSA) is 130 Å². The maximum atomic E-state index is 12.3. The number of fused-ring (bicyclic) bond motifs is 1. The molecule has 9 nitrogen and oxygen atoms in total. The Morgan fingerprint density at radius 3 is 2.49 bits per heavy atom. The zero-order valence-electron chi connectivity index (χ0n) is 20.0. The number of hydrogen-bond acceptors (Lipinski definition) is 6. The summed E-state index contributed by atoms with van der Waals surface area (Å²) in [7, 11) is 0. The van der Waals surface area contributed by atoms with Crippen LogP contribution in [0.4, 0.5) is 11.4 Å². The predicted octanol–water partition coefficient (Wildman–Crippen LogP) is 7.71. The third kappa shape index (κ3) is 6.46. The molecule has 0 fully saturated rings. The molecule has 3 rings (SSSR count). The lowest BCUT2D eigenvalue weighted by Crippen LogP contribution is -2.25. The van der Waals surface area contributed by atoms with E-state index >= 15 is 0 Å². The molecule has 0 atom stereocenters. The molecule has 0 saturated heterocycles. The Morgan fingerprint density at radius 1 is 1.17 bits per heavy atom. The van der Waals surface area contributed by atoms with Crippen LogP contribution in [0.5, 0.6) is 11.6 Å². The van der Waals surface area contributed by atoms with Gasteiger partial charge in [-0.05, 0) is 56.9 Å². The van der Waals surface area contributed by atoms with Gasteiger partial charge in [-0.2, -0.15) is 0 Å². The maximum Gasteiger partial charge on any atom is 0.311 e. The molecular formula is C24H26Br2N4O5. The Labute approximate surface area is 219 Å². The zero-order chi connectivity index (χ0) is 26.1. The van der Waals surface area contributed by atoms with Gasteiger partial charge >= 0.3 is 11.6 Å². The molecule has 1 heterocycles. The molecule has 0 bridgehead atoms. The van der Waals surface area contributed by atoms with E-state index in [0.717, 1.165) is 16.5 Å². The van der Waals surface area contributed by atoms with E-state index < -0.39 is 17.4 Å². The van der Waals surface area contributed by atoms with E-state index in [-0.39, 0.29) is 33.8 Å². The first-order valence-electron chi connectivity index (χ1n) is 10.7. The Morgan fingerprint density at radius 2 is 1.86 bits per heavy atom. The molecule has 2 aromatic carbocycles. The largest absolute Gasteiger partial charge is 0.493 e.